The fourth-order valence-electron chi connectivity index (χ4n) is 1.68. The van der Waals surface area contributed by atoms with Gasteiger partial charge in [0.25, 0.3) is 0 Å². The molecule has 0 saturated heterocycles. The molecule has 2 rings (SSSR count). The maximum Gasteiger partial charge on any atom is 0.373 e. The Balaban J connectivity index is 1.82. The third kappa shape index (κ3) is 4.35. The Morgan fingerprint density at radius 3 is 2.74 bits per heavy atom. The van der Waals surface area contributed by atoms with Crippen molar-refractivity contribution in [1.82, 2.24) is 0 Å². The van der Waals surface area contributed by atoms with Gasteiger partial charge in [0.2, 0.25) is 5.76 Å². The summed E-state index contributed by atoms with van der Waals surface area (Å²) in [7, 11) is 1.24. The molecule has 2 aromatic rings. The maximum atomic E-state index is 11.6. The number of hydrogen-bond acceptors (Lipinski definition) is 7. The summed E-state index contributed by atoms with van der Waals surface area (Å²) in [6.07, 6.45) is 0. The molecule has 0 atom stereocenters. The van der Waals surface area contributed by atoms with Crippen LogP contribution >= 0.6 is 0 Å². The second kappa shape index (κ2) is 7.66. The highest BCUT2D eigenvalue weighted by Crippen LogP contribution is 2.16. The fourth-order valence-corrected chi connectivity index (χ4v) is 1.68. The molecule has 0 aliphatic rings. The number of benzene rings is 1. The van der Waals surface area contributed by atoms with E-state index in [4.69, 9.17) is 19.2 Å². The number of methoxy groups -OCH3 is 1. The van der Waals surface area contributed by atoms with Crippen LogP contribution in [0.3, 0.4) is 0 Å². The average Bonchev–Trinajstić information content (AvgIpc) is 3.06. The molecule has 0 spiro atoms. The minimum absolute atomic E-state index is 0.0257. The highest BCUT2D eigenvalue weighted by molar-refractivity contribution is 5.86. The summed E-state index contributed by atoms with van der Waals surface area (Å²) in [4.78, 5) is 22.8. The minimum atomic E-state index is -0.631. The number of para-hydroxylation sites is 1. The van der Waals surface area contributed by atoms with Gasteiger partial charge in [0.05, 0.1) is 12.7 Å². The standard InChI is InChI=1S/C16H13NO6/c1-20-16(19)14-7-6-12(23-14)9-22-15(18)10-21-13-5-3-2-4-11(13)8-17/h2-7H,9-10H2,1H3. The molecule has 1 aromatic carbocycles. The lowest BCUT2D eigenvalue weighted by atomic mass is 10.2. The molecule has 0 N–H and O–H groups in total. The molecule has 0 amide bonds. The number of hydrogen-bond donors (Lipinski definition) is 0. The van der Waals surface area contributed by atoms with Gasteiger partial charge in [-0.25, -0.2) is 9.59 Å². The van der Waals surface area contributed by atoms with Crippen molar-refractivity contribution in [3.8, 4) is 11.8 Å². The Hall–Kier alpha value is -3.27. The SMILES string of the molecule is COC(=O)c1ccc(COC(=O)COc2ccccc2C#N)o1. The molecule has 7 heteroatoms. The van der Waals surface area contributed by atoms with Gasteiger partial charge in [-0.1, -0.05) is 12.1 Å². The van der Waals surface area contributed by atoms with Crippen LogP contribution in [0.25, 0.3) is 0 Å². The summed E-state index contributed by atoms with van der Waals surface area (Å²) in [6.45, 7) is -0.484. The van der Waals surface area contributed by atoms with E-state index in [0.717, 1.165) is 0 Å². The summed E-state index contributed by atoms with van der Waals surface area (Å²) in [5, 5.41) is 8.91. The smallest absolute Gasteiger partial charge is 0.373 e. The van der Waals surface area contributed by atoms with E-state index in [1.54, 1.807) is 24.3 Å². The Labute approximate surface area is 132 Å². The van der Waals surface area contributed by atoms with Crippen LogP contribution in [0.1, 0.15) is 21.9 Å². The van der Waals surface area contributed by atoms with Gasteiger partial charge < -0.3 is 18.6 Å². The van der Waals surface area contributed by atoms with E-state index in [9.17, 15) is 9.59 Å². The van der Waals surface area contributed by atoms with Crippen LogP contribution in [0.5, 0.6) is 5.75 Å². The van der Waals surface area contributed by atoms with Gasteiger partial charge in [0.1, 0.15) is 24.2 Å². The Bertz CT molecular complexity index is 743. The van der Waals surface area contributed by atoms with E-state index >= 15 is 0 Å². The molecule has 0 saturated carbocycles. The zero-order valence-electron chi connectivity index (χ0n) is 12.3. The van der Waals surface area contributed by atoms with Crippen LogP contribution in [-0.2, 0) is 20.9 Å². The van der Waals surface area contributed by atoms with Crippen molar-refractivity contribution in [3.63, 3.8) is 0 Å². The predicted molar refractivity (Wildman–Crippen MR) is 76.5 cm³/mol. The van der Waals surface area contributed by atoms with Gasteiger partial charge >= 0.3 is 11.9 Å². The Kier molecular flexibility index (Phi) is 5.36. The van der Waals surface area contributed by atoms with Gasteiger partial charge in [-0.2, -0.15) is 5.26 Å². The van der Waals surface area contributed by atoms with E-state index in [1.165, 1.54) is 19.2 Å². The number of nitrogens with zero attached hydrogens (tertiary/aromatic N) is 1. The van der Waals surface area contributed by atoms with Gasteiger partial charge in [0, 0.05) is 0 Å². The molecule has 0 aliphatic carbocycles. The van der Waals surface area contributed by atoms with Crippen LogP contribution in [0.2, 0.25) is 0 Å². The van der Waals surface area contributed by atoms with E-state index in [0.29, 0.717) is 17.1 Å². The van der Waals surface area contributed by atoms with Crippen molar-refractivity contribution in [3.05, 3.63) is 53.5 Å². The maximum absolute atomic E-state index is 11.6. The lowest BCUT2D eigenvalue weighted by Crippen LogP contribution is -2.15. The number of nitriles is 1. The molecule has 118 valence electrons. The van der Waals surface area contributed by atoms with Crippen LogP contribution in [0.15, 0.2) is 40.8 Å². The molecule has 7 nitrogen and oxygen atoms in total. The molecule has 0 bridgehead atoms. The highest BCUT2D eigenvalue weighted by Gasteiger charge is 2.13. The van der Waals surface area contributed by atoms with E-state index in [2.05, 4.69) is 4.74 Å². The van der Waals surface area contributed by atoms with Gasteiger partial charge in [-0.3, -0.25) is 0 Å². The summed E-state index contributed by atoms with van der Waals surface area (Å²) in [6, 6.07) is 11.4. The number of rotatable bonds is 6. The highest BCUT2D eigenvalue weighted by atomic mass is 16.6. The second-order valence-corrected chi connectivity index (χ2v) is 4.31. The van der Waals surface area contributed by atoms with Crippen molar-refractivity contribution in [2.24, 2.45) is 0 Å². The van der Waals surface area contributed by atoms with Crippen LogP contribution in [0, 0.1) is 11.3 Å². The fraction of sp³-hybridized carbons (Fsp3) is 0.188. The molecule has 1 heterocycles. The number of ether oxygens (including phenoxy) is 3. The van der Waals surface area contributed by atoms with Crippen LogP contribution < -0.4 is 4.74 Å². The summed E-state index contributed by atoms with van der Waals surface area (Å²) < 4.78 is 19.8. The second-order valence-electron chi connectivity index (χ2n) is 4.31. The van der Waals surface area contributed by atoms with E-state index < -0.39 is 11.9 Å². The van der Waals surface area contributed by atoms with E-state index in [-0.39, 0.29) is 19.0 Å². The first kappa shape index (κ1) is 16.1. The first-order valence-corrected chi connectivity index (χ1v) is 6.58. The summed E-state index contributed by atoms with van der Waals surface area (Å²) in [5.74, 6) is -0.611. The molecule has 0 fully saturated rings. The molecule has 0 radical (unpaired) electrons. The lowest BCUT2D eigenvalue weighted by molar-refractivity contribution is -0.147. The first-order valence-electron chi connectivity index (χ1n) is 6.58. The number of furan rings is 1. The molecular formula is C16H13NO6. The number of carbonyl (C=O) groups excluding carboxylic acids is 2. The van der Waals surface area contributed by atoms with Crippen molar-refractivity contribution in [2.45, 2.75) is 6.61 Å². The zero-order valence-corrected chi connectivity index (χ0v) is 12.3. The Morgan fingerprint density at radius 2 is 2.00 bits per heavy atom. The van der Waals surface area contributed by atoms with Gasteiger partial charge in [-0.05, 0) is 24.3 Å². The molecule has 0 aliphatic heterocycles. The largest absolute Gasteiger partial charge is 0.481 e. The molecule has 23 heavy (non-hydrogen) atoms. The minimum Gasteiger partial charge on any atom is -0.481 e. The van der Waals surface area contributed by atoms with Crippen molar-refractivity contribution >= 4 is 11.9 Å². The summed E-state index contributed by atoms with van der Waals surface area (Å²) >= 11 is 0. The quantitative estimate of drug-likeness (QED) is 0.752. The zero-order chi connectivity index (χ0) is 16.7. The van der Waals surface area contributed by atoms with Crippen molar-refractivity contribution in [1.29, 1.82) is 5.26 Å². The predicted octanol–water partition coefficient (Wildman–Crippen LogP) is 2.06. The third-order valence-corrected chi connectivity index (χ3v) is 2.78. The first-order chi connectivity index (χ1) is 11.1. The molecule has 0 unspecified atom stereocenters. The lowest BCUT2D eigenvalue weighted by Gasteiger charge is -2.07. The third-order valence-electron chi connectivity index (χ3n) is 2.78. The van der Waals surface area contributed by atoms with Crippen LogP contribution in [-0.4, -0.2) is 25.7 Å². The molecular weight excluding hydrogens is 302 g/mol. The van der Waals surface area contributed by atoms with Gasteiger partial charge in [0.15, 0.2) is 6.61 Å². The summed E-state index contributed by atoms with van der Waals surface area (Å²) in [5.41, 5.74) is 0.328. The van der Waals surface area contributed by atoms with E-state index in [1.807, 2.05) is 6.07 Å². The Morgan fingerprint density at radius 1 is 1.22 bits per heavy atom. The van der Waals surface area contributed by atoms with Crippen LogP contribution in [0.4, 0.5) is 0 Å². The molecule has 1 aromatic heterocycles. The monoisotopic (exact) mass is 315 g/mol. The number of esters is 2. The van der Waals surface area contributed by atoms with Crippen molar-refractivity contribution in [2.75, 3.05) is 13.7 Å². The topological polar surface area (TPSA) is 98.8 Å². The normalized spacial score (nSPS) is 9.74. The van der Waals surface area contributed by atoms with Crippen molar-refractivity contribution < 1.29 is 28.2 Å². The average molecular weight is 315 g/mol. The van der Waals surface area contributed by atoms with Gasteiger partial charge in [-0.15, -0.1) is 0 Å². The number of carbonyl (C=O) groups is 2.